The number of hydrogen-bond acceptors (Lipinski definition) is 3. The molecule has 4 heteroatoms. The van der Waals surface area contributed by atoms with Crippen molar-refractivity contribution in [3.05, 3.63) is 29.6 Å². The van der Waals surface area contributed by atoms with E-state index in [1.807, 2.05) is 17.9 Å². The van der Waals surface area contributed by atoms with Crippen LogP contribution in [0.15, 0.2) is 18.2 Å². The highest BCUT2D eigenvalue weighted by molar-refractivity contribution is 5.56. The molecule has 2 rings (SSSR count). The number of benzene rings is 1. The van der Waals surface area contributed by atoms with Crippen molar-refractivity contribution in [2.45, 2.75) is 38.8 Å². The molecule has 0 radical (unpaired) electrons. The highest BCUT2D eigenvalue weighted by atomic mass is 19.1. The number of aliphatic hydroxyl groups is 1. The summed E-state index contributed by atoms with van der Waals surface area (Å²) < 4.78 is 14.1. The number of anilines is 1. The summed E-state index contributed by atoms with van der Waals surface area (Å²) in [5, 5.41) is 13.3. The first-order chi connectivity index (χ1) is 9.03. The molecule has 1 saturated heterocycles. The van der Waals surface area contributed by atoms with E-state index >= 15 is 0 Å². The molecule has 19 heavy (non-hydrogen) atoms. The van der Waals surface area contributed by atoms with Gasteiger partial charge in [0.1, 0.15) is 5.82 Å². The number of hydrogen-bond donors (Lipinski definition) is 2. The van der Waals surface area contributed by atoms with Crippen molar-refractivity contribution in [2.75, 3.05) is 24.5 Å². The van der Waals surface area contributed by atoms with Crippen molar-refractivity contribution in [3.63, 3.8) is 0 Å². The monoisotopic (exact) mass is 266 g/mol. The third-order valence-electron chi connectivity index (χ3n) is 3.58. The predicted molar refractivity (Wildman–Crippen MR) is 75.9 cm³/mol. The van der Waals surface area contributed by atoms with Crippen molar-refractivity contribution in [1.82, 2.24) is 5.32 Å². The Hall–Kier alpha value is -1.13. The van der Waals surface area contributed by atoms with Crippen LogP contribution in [0.5, 0.6) is 0 Å². The van der Waals surface area contributed by atoms with E-state index < -0.39 is 5.60 Å². The van der Waals surface area contributed by atoms with Crippen molar-refractivity contribution >= 4 is 5.69 Å². The minimum Gasteiger partial charge on any atom is -0.388 e. The summed E-state index contributed by atoms with van der Waals surface area (Å²) >= 11 is 0. The van der Waals surface area contributed by atoms with E-state index in [1.54, 1.807) is 6.07 Å². The van der Waals surface area contributed by atoms with Gasteiger partial charge in [-0.05, 0) is 37.9 Å². The zero-order chi connectivity index (χ0) is 13.9. The van der Waals surface area contributed by atoms with Gasteiger partial charge in [-0.2, -0.15) is 0 Å². The molecule has 1 aromatic rings. The summed E-state index contributed by atoms with van der Waals surface area (Å²) in [5.74, 6) is -0.200. The smallest absolute Gasteiger partial charge is 0.146 e. The van der Waals surface area contributed by atoms with E-state index in [1.165, 1.54) is 6.07 Å². The number of β-amino-alcohol motifs (C(OH)–C–C–N with tert-alkyl or cyclic N) is 1. The molecule has 0 spiro atoms. The van der Waals surface area contributed by atoms with Crippen LogP contribution in [0.25, 0.3) is 0 Å². The maximum Gasteiger partial charge on any atom is 0.146 e. The minimum atomic E-state index is -0.712. The summed E-state index contributed by atoms with van der Waals surface area (Å²) in [7, 11) is 0. The fourth-order valence-corrected chi connectivity index (χ4v) is 2.59. The van der Waals surface area contributed by atoms with Crippen LogP contribution in [0.1, 0.15) is 32.3 Å². The number of para-hydroxylation sites is 1. The van der Waals surface area contributed by atoms with Gasteiger partial charge in [0.15, 0.2) is 0 Å². The Morgan fingerprint density at radius 3 is 2.89 bits per heavy atom. The fraction of sp³-hybridized carbons (Fsp3) is 0.600. The van der Waals surface area contributed by atoms with Gasteiger partial charge in [-0.15, -0.1) is 0 Å². The summed E-state index contributed by atoms with van der Waals surface area (Å²) in [4.78, 5) is 1.96. The summed E-state index contributed by atoms with van der Waals surface area (Å²) in [6, 6.07) is 5.19. The molecule has 0 aliphatic carbocycles. The van der Waals surface area contributed by atoms with E-state index in [9.17, 15) is 9.50 Å². The van der Waals surface area contributed by atoms with Crippen LogP contribution < -0.4 is 10.2 Å². The molecule has 1 aliphatic rings. The first kappa shape index (κ1) is 14.3. The molecule has 3 nitrogen and oxygen atoms in total. The molecule has 1 heterocycles. The maximum absolute atomic E-state index is 14.1. The van der Waals surface area contributed by atoms with Crippen LogP contribution >= 0.6 is 0 Å². The maximum atomic E-state index is 14.1. The first-order valence-corrected chi connectivity index (χ1v) is 6.99. The van der Waals surface area contributed by atoms with E-state index in [2.05, 4.69) is 12.2 Å². The first-order valence-electron chi connectivity index (χ1n) is 6.99. The van der Waals surface area contributed by atoms with Gasteiger partial charge in [0.25, 0.3) is 0 Å². The molecule has 106 valence electrons. The van der Waals surface area contributed by atoms with Crippen molar-refractivity contribution in [1.29, 1.82) is 0 Å². The molecule has 0 aromatic heterocycles. The summed E-state index contributed by atoms with van der Waals surface area (Å²) in [6.45, 7) is 6.71. The largest absolute Gasteiger partial charge is 0.388 e. The van der Waals surface area contributed by atoms with Crippen molar-refractivity contribution in [2.24, 2.45) is 0 Å². The van der Waals surface area contributed by atoms with Crippen molar-refractivity contribution < 1.29 is 9.50 Å². The van der Waals surface area contributed by atoms with Crippen LogP contribution in [-0.4, -0.2) is 30.3 Å². The zero-order valence-corrected chi connectivity index (χ0v) is 11.7. The van der Waals surface area contributed by atoms with Gasteiger partial charge in [-0.3, -0.25) is 0 Å². The molecule has 0 amide bonds. The van der Waals surface area contributed by atoms with Crippen LogP contribution in [0.4, 0.5) is 10.1 Å². The fourth-order valence-electron chi connectivity index (χ4n) is 2.59. The second-order valence-corrected chi connectivity index (χ2v) is 5.59. The van der Waals surface area contributed by atoms with Crippen LogP contribution in [0.2, 0.25) is 0 Å². The minimum absolute atomic E-state index is 0.200. The lowest BCUT2D eigenvalue weighted by atomic mass is 10.1. The SMILES string of the molecule is CCCNCc1cccc(F)c1N1CCC(C)(O)C1. The Morgan fingerprint density at radius 2 is 2.26 bits per heavy atom. The van der Waals surface area contributed by atoms with Crippen LogP contribution in [0.3, 0.4) is 0 Å². The predicted octanol–water partition coefficient (Wildman–Crippen LogP) is 2.29. The van der Waals surface area contributed by atoms with Crippen LogP contribution in [-0.2, 0) is 6.54 Å². The molecule has 2 N–H and O–H groups in total. The Bertz CT molecular complexity index is 434. The summed E-state index contributed by atoms with van der Waals surface area (Å²) in [5.41, 5.74) is 0.895. The highest BCUT2D eigenvalue weighted by Crippen LogP contribution is 2.31. The Labute approximate surface area is 114 Å². The van der Waals surface area contributed by atoms with E-state index in [-0.39, 0.29) is 5.82 Å². The zero-order valence-electron chi connectivity index (χ0n) is 11.7. The average Bonchev–Trinajstić information content (AvgIpc) is 2.70. The molecular weight excluding hydrogens is 243 g/mol. The van der Waals surface area contributed by atoms with Gasteiger partial charge >= 0.3 is 0 Å². The second-order valence-electron chi connectivity index (χ2n) is 5.59. The van der Waals surface area contributed by atoms with Crippen LogP contribution in [0, 0.1) is 5.82 Å². The molecule has 1 fully saturated rings. The number of rotatable bonds is 5. The Morgan fingerprint density at radius 1 is 1.47 bits per heavy atom. The van der Waals surface area contributed by atoms with Gasteiger partial charge in [-0.25, -0.2) is 4.39 Å². The van der Waals surface area contributed by atoms with Gasteiger partial charge in [0, 0.05) is 19.6 Å². The molecule has 1 aliphatic heterocycles. The van der Waals surface area contributed by atoms with Gasteiger partial charge in [0.05, 0.1) is 11.3 Å². The third kappa shape index (κ3) is 3.45. The number of halogens is 1. The van der Waals surface area contributed by atoms with Gasteiger partial charge < -0.3 is 15.3 Å². The molecule has 1 unspecified atom stereocenters. The molecular formula is C15H23FN2O. The molecule has 0 bridgehead atoms. The lowest BCUT2D eigenvalue weighted by Gasteiger charge is -2.24. The van der Waals surface area contributed by atoms with E-state index in [0.717, 1.165) is 18.5 Å². The number of nitrogens with one attached hydrogen (secondary N) is 1. The van der Waals surface area contributed by atoms with Gasteiger partial charge in [-0.1, -0.05) is 19.1 Å². The van der Waals surface area contributed by atoms with Crippen molar-refractivity contribution in [3.8, 4) is 0 Å². The highest BCUT2D eigenvalue weighted by Gasteiger charge is 2.33. The third-order valence-corrected chi connectivity index (χ3v) is 3.58. The van der Waals surface area contributed by atoms with E-state index in [0.29, 0.717) is 31.7 Å². The molecule has 1 atom stereocenters. The van der Waals surface area contributed by atoms with Gasteiger partial charge in [0.2, 0.25) is 0 Å². The average molecular weight is 266 g/mol. The standard InChI is InChI=1S/C15H23FN2O/c1-3-8-17-10-12-5-4-6-13(16)14(12)18-9-7-15(2,19)11-18/h4-6,17,19H,3,7-11H2,1-2H3. The summed E-state index contributed by atoms with van der Waals surface area (Å²) in [6.07, 6.45) is 1.74. The molecule has 0 saturated carbocycles. The lowest BCUT2D eigenvalue weighted by molar-refractivity contribution is 0.0839. The topological polar surface area (TPSA) is 35.5 Å². The Balaban J connectivity index is 2.18. The quantitative estimate of drug-likeness (QED) is 0.803. The lowest BCUT2D eigenvalue weighted by Crippen LogP contribution is -2.31. The Kier molecular flexibility index (Phi) is 4.42. The normalized spacial score (nSPS) is 23.1. The number of nitrogens with zero attached hydrogens (tertiary/aromatic N) is 1. The molecule has 1 aromatic carbocycles. The van der Waals surface area contributed by atoms with E-state index in [4.69, 9.17) is 0 Å². The second kappa shape index (κ2) is 5.88.